The highest BCUT2D eigenvalue weighted by Gasteiger charge is 2.13. The highest BCUT2D eigenvalue weighted by molar-refractivity contribution is 7.10. The third kappa shape index (κ3) is 4.84. The predicted molar refractivity (Wildman–Crippen MR) is 118 cm³/mol. The summed E-state index contributed by atoms with van der Waals surface area (Å²) < 4.78 is 0. The molecule has 2 amide bonds. The van der Waals surface area contributed by atoms with Crippen molar-refractivity contribution in [3.8, 4) is 11.5 Å². The molecule has 3 rings (SSSR count). The number of amides is 2. The SMILES string of the molecule is C/C(=N\NC(=O)c1cc(O)cc(O)c1)c1cccc(NC(=O)c2csc(C)c2C)c1. The molecule has 0 aliphatic carbocycles. The Kier molecular flexibility index (Phi) is 6.17. The van der Waals surface area contributed by atoms with Crippen LogP contribution in [0.3, 0.4) is 0 Å². The minimum atomic E-state index is -0.576. The number of hydrogen-bond donors (Lipinski definition) is 4. The molecule has 0 saturated carbocycles. The minimum absolute atomic E-state index is 0.0755. The summed E-state index contributed by atoms with van der Waals surface area (Å²) in [5, 5.41) is 27.8. The Morgan fingerprint density at radius 3 is 2.30 bits per heavy atom. The molecule has 0 bridgehead atoms. The summed E-state index contributed by atoms with van der Waals surface area (Å²) in [5.74, 6) is -1.20. The van der Waals surface area contributed by atoms with E-state index in [9.17, 15) is 19.8 Å². The second-order valence-corrected chi connectivity index (χ2v) is 7.83. The first-order valence-electron chi connectivity index (χ1n) is 9.08. The van der Waals surface area contributed by atoms with E-state index in [-0.39, 0.29) is 23.0 Å². The molecule has 1 heterocycles. The summed E-state index contributed by atoms with van der Waals surface area (Å²) >= 11 is 1.54. The smallest absolute Gasteiger partial charge is 0.271 e. The van der Waals surface area contributed by atoms with Crippen LogP contribution in [0.4, 0.5) is 5.69 Å². The topological polar surface area (TPSA) is 111 Å². The van der Waals surface area contributed by atoms with Crippen LogP contribution >= 0.6 is 11.3 Å². The van der Waals surface area contributed by atoms with Gasteiger partial charge in [0.1, 0.15) is 11.5 Å². The number of benzene rings is 2. The van der Waals surface area contributed by atoms with Crippen molar-refractivity contribution in [2.24, 2.45) is 5.10 Å². The first-order chi connectivity index (χ1) is 14.2. The summed E-state index contributed by atoms with van der Waals surface area (Å²) in [7, 11) is 0. The number of phenols is 2. The van der Waals surface area contributed by atoms with E-state index < -0.39 is 5.91 Å². The molecule has 154 valence electrons. The summed E-state index contributed by atoms with van der Waals surface area (Å²) in [6, 6.07) is 10.7. The van der Waals surface area contributed by atoms with E-state index in [1.54, 1.807) is 31.2 Å². The van der Waals surface area contributed by atoms with Gasteiger partial charge in [-0.3, -0.25) is 9.59 Å². The lowest BCUT2D eigenvalue weighted by molar-refractivity contribution is 0.0953. The fraction of sp³-hybridized carbons (Fsp3) is 0.136. The number of carbonyl (C=O) groups excluding carboxylic acids is 2. The Balaban J connectivity index is 1.72. The molecule has 30 heavy (non-hydrogen) atoms. The summed E-state index contributed by atoms with van der Waals surface area (Å²) in [4.78, 5) is 25.8. The van der Waals surface area contributed by atoms with Gasteiger partial charge in [0, 0.05) is 27.6 Å². The van der Waals surface area contributed by atoms with Gasteiger partial charge in [-0.25, -0.2) is 5.43 Å². The van der Waals surface area contributed by atoms with Crippen LogP contribution in [0.15, 0.2) is 52.9 Å². The van der Waals surface area contributed by atoms with Gasteiger partial charge in [-0.05, 0) is 56.2 Å². The van der Waals surface area contributed by atoms with Gasteiger partial charge in [0.2, 0.25) is 0 Å². The van der Waals surface area contributed by atoms with Crippen LogP contribution in [0.25, 0.3) is 0 Å². The van der Waals surface area contributed by atoms with Crippen LogP contribution < -0.4 is 10.7 Å². The zero-order valence-corrected chi connectivity index (χ0v) is 17.5. The van der Waals surface area contributed by atoms with E-state index in [2.05, 4.69) is 15.8 Å². The van der Waals surface area contributed by atoms with Gasteiger partial charge in [0.05, 0.1) is 11.3 Å². The maximum Gasteiger partial charge on any atom is 0.271 e. The largest absolute Gasteiger partial charge is 0.508 e. The van der Waals surface area contributed by atoms with Gasteiger partial charge in [0.25, 0.3) is 11.8 Å². The number of hydrazone groups is 1. The van der Waals surface area contributed by atoms with Crippen molar-refractivity contribution in [3.63, 3.8) is 0 Å². The predicted octanol–water partition coefficient (Wildman–Crippen LogP) is 4.18. The highest BCUT2D eigenvalue weighted by atomic mass is 32.1. The molecule has 0 unspecified atom stereocenters. The highest BCUT2D eigenvalue weighted by Crippen LogP contribution is 2.22. The standard InChI is InChI=1S/C22H21N3O4S/c1-12-14(3)30-11-20(12)22(29)23-17-6-4-5-15(7-17)13(2)24-25-21(28)16-8-18(26)10-19(27)9-16/h4-11,26-27H,1-3H3,(H,23,29)(H,25,28)/b24-13+. The normalized spacial score (nSPS) is 11.2. The van der Waals surface area contributed by atoms with Crippen molar-refractivity contribution >= 4 is 34.6 Å². The molecule has 0 fully saturated rings. The van der Waals surface area contributed by atoms with Crippen molar-refractivity contribution < 1.29 is 19.8 Å². The minimum Gasteiger partial charge on any atom is -0.508 e. The average molecular weight is 423 g/mol. The molecular weight excluding hydrogens is 402 g/mol. The Morgan fingerprint density at radius 2 is 1.67 bits per heavy atom. The third-order valence-electron chi connectivity index (χ3n) is 4.56. The molecule has 2 aromatic carbocycles. The van der Waals surface area contributed by atoms with E-state index in [1.807, 2.05) is 19.2 Å². The lowest BCUT2D eigenvalue weighted by Crippen LogP contribution is -2.19. The van der Waals surface area contributed by atoms with Gasteiger partial charge < -0.3 is 15.5 Å². The molecule has 1 aromatic heterocycles. The Labute approximate surface area is 177 Å². The van der Waals surface area contributed by atoms with Crippen LogP contribution in [-0.4, -0.2) is 27.7 Å². The number of aromatic hydroxyl groups is 2. The first-order valence-corrected chi connectivity index (χ1v) is 9.96. The zero-order valence-electron chi connectivity index (χ0n) is 16.7. The number of nitrogens with zero attached hydrogens (tertiary/aromatic N) is 1. The second-order valence-electron chi connectivity index (χ2n) is 6.74. The number of hydrogen-bond acceptors (Lipinski definition) is 6. The number of carbonyl (C=O) groups is 2. The van der Waals surface area contributed by atoms with E-state index in [4.69, 9.17) is 0 Å². The molecular formula is C22H21N3O4S. The molecule has 3 aromatic rings. The van der Waals surface area contributed by atoms with E-state index in [0.29, 0.717) is 22.5 Å². The molecule has 0 aliphatic heterocycles. The van der Waals surface area contributed by atoms with Crippen LogP contribution in [0.5, 0.6) is 11.5 Å². The van der Waals surface area contributed by atoms with E-state index in [0.717, 1.165) is 16.5 Å². The summed E-state index contributed by atoms with van der Waals surface area (Å²) in [5.41, 5.74) is 5.92. The van der Waals surface area contributed by atoms with Gasteiger partial charge in [0.15, 0.2) is 0 Å². The fourth-order valence-electron chi connectivity index (χ4n) is 2.75. The Hall–Kier alpha value is -3.65. The summed E-state index contributed by atoms with van der Waals surface area (Å²) in [6.45, 7) is 5.61. The Bertz CT molecular complexity index is 1130. The molecule has 0 atom stereocenters. The van der Waals surface area contributed by atoms with Crippen molar-refractivity contribution in [1.29, 1.82) is 0 Å². The maximum absolute atomic E-state index is 12.5. The number of anilines is 1. The molecule has 0 aliphatic rings. The van der Waals surface area contributed by atoms with Crippen molar-refractivity contribution in [1.82, 2.24) is 5.43 Å². The van der Waals surface area contributed by atoms with E-state index >= 15 is 0 Å². The maximum atomic E-state index is 12.5. The van der Waals surface area contributed by atoms with Crippen molar-refractivity contribution in [2.45, 2.75) is 20.8 Å². The van der Waals surface area contributed by atoms with Gasteiger partial charge in [-0.1, -0.05) is 12.1 Å². The number of rotatable bonds is 5. The molecule has 0 saturated heterocycles. The zero-order chi connectivity index (χ0) is 21.8. The third-order valence-corrected chi connectivity index (χ3v) is 5.57. The number of aryl methyl sites for hydroxylation is 1. The second kappa shape index (κ2) is 8.79. The van der Waals surface area contributed by atoms with Gasteiger partial charge in [-0.2, -0.15) is 5.10 Å². The fourth-order valence-corrected chi connectivity index (χ4v) is 3.61. The number of phenolic OH excluding ortho intramolecular Hbond substituents is 2. The number of nitrogens with one attached hydrogen (secondary N) is 2. The van der Waals surface area contributed by atoms with E-state index in [1.165, 1.54) is 23.5 Å². The number of thiophene rings is 1. The lowest BCUT2D eigenvalue weighted by atomic mass is 10.1. The van der Waals surface area contributed by atoms with Crippen LogP contribution in [0.2, 0.25) is 0 Å². The molecule has 8 heteroatoms. The van der Waals surface area contributed by atoms with Gasteiger partial charge >= 0.3 is 0 Å². The molecule has 4 N–H and O–H groups in total. The van der Waals surface area contributed by atoms with Crippen LogP contribution in [-0.2, 0) is 0 Å². The van der Waals surface area contributed by atoms with Crippen molar-refractivity contribution in [2.75, 3.05) is 5.32 Å². The van der Waals surface area contributed by atoms with Crippen LogP contribution in [0.1, 0.15) is 43.6 Å². The Morgan fingerprint density at radius 1 is 0.967 bits per heavy atom. The monoisotopic (exact) mass is 423 g/mol. The average Bonchev–Trinajstić information content (AvgIpc) is 3.04. The van der Waals surface area contributed by atoms with Gasteiger partial charge in [-0.15, -0.1) is 11.3 Å². The van der Waals surface area contributed by atoms with Crippen molar-refractivity contribution in [3.05, 3.63) is 75.0 Å². The summed E-state index contributed by atoms with van der Waals surface area (Å²) in [6.07, 6.45) is 0. The first kappa shape index (κ1) is 21.1. The molecule has 7 nitrogen and oxygen atoms in total. The quantitative estimate of drug-likeness (QED) is 0.364. The lowest BCUT2D eigenvalue weighted by Gasteiger charge is -2.08. The molecule has 0 spiro atoms. The van der Waals surface area contributed by atoms with Crippen LogP contribution in [0, 0.1) is 13.8 Å². The molecule has 0 radical (unpaired) electrons.